The molecule has 0 heterocycles. The Bertz CT molecular complexity index is 1190. The SMILES string of the molecule is [2H]C([2H])([2H])C(O)(CCC[C@](C)(CC=CC(O)(C(F)(F)F)C(F)(F)F)[C@H]1CCC2C(=CC=C3C[C@@H](O)C[C@H](O)C3)CCC[C@@]21C)C([2H])([2H])[2H]. The van der Waals surface area contributed by atoms with Gasteiger partial charge in [0.15, 0.2) is 0 Å². The van der Waals surface area contributed by atoms with Crippen LogP contribution in [0.2, 0.25) is 0 Å². The van der Waals surface area contributed by atoms with Crippen molar-refractivity contribution in [3.8, 4) is 0 Å². The summed E-state index contributed by atoms with van der Waals surface area (Å²) in [5.74, 6) is -0.313. The quantitative estimate of drug-likeness (QED) is 0.158. The van der Waals surface area contributed by atoms with Crippen LogP contribution in [-0.4, -0.2) is 56.2 Å². The molecule has 0 aromatic rings. The zero-order chi connectivity index (χ0) is 36.8. The number of aliphatic hydroxyl groups is 4. The smallest absolute Gasteiger partial charge is 0.393 e. The van der Waals surface area contributed by atoms with E-state index in [9.17, 15) is 46.8 Å². The maximum Gasteiger partial charge on any atom is 0.429 e. The number of aliphatic hydroxyl groups excluding tert-OH is 2. The molecule has 0 aliphatic heterocycles. The Morgan fingerprint density at radius 3 is 2.14 bits per heavy atom. The van der Waals surface area contributed by atoms with E-state index in [0.29, 0.717) is 44.6 Å². The van der Waals surface area contributed by atoms with Gasteiger partial charge in [-0.05, 0) is 113 Å². The number of allylic oxidation sites excluding steroid dienone is 4. The first-order valence-electron chi connectivity index (χ1n) is 17.6. The average Bonchev–Trinajstić information content (AvgIpc) is 3.27. The first kappa shape index (κ1) is 27.0. The Balaban J connectivity index is 1.99. The van der Waals surface area contributed by atoms with E-state index in [1.165, 1.54) is 0 Å². The van der Waals surface area contributed by atoms with Gasteiger partial charge in [0.25, 0.3) is 5.60 Å². The zero-order valence-corrected chi connectivity index (χ0v) is 24.2. The van der Waals surface area contributed by atoms with Crippen molar-refractivity contribution in [2.45, 2.75) is 140 Å². The predicted octanol–water partition coefficient (Wildman–Crippen LogP) is 7.71. The Morgan fingerprint density at radius 1 is 0.952 bits per heavy atom. The van der Waals surface area contributed by atoms with Crippen LogP contribution in [0.5, 0.6) is 0 Å². The fourth-order valence-corrected chi connectivity index (χ4v) is 7.93. The molecule has 3 saturated carbocycles. The second kappa shape index (κ2) is 12.6. The highest BCUT2D eigenvalue weighted by Crippen LogP contribution is 2.64. The van der Waals surface area contributed by atoms with Crippen molar-refractivity contribution < 1.29 is 55.0 Å². The summed E-state index contributed by atoms with van der Waals surface area (Å²) in [5.41, 5.74) is -7.75. The molecule has 3 fully saturated rings. The van der Waals surface area contributed by atoms with Gasteiger partial charge in [-0.1, -0.05) is 49.6 Å². The summed E-state index contributed by atoms with van der Waals surface area (Å²) in [6, 6.07) is 0. The van der Waals surface area contributed by atoms with Crippen molar-refractivity contribution in [3.63, 3.8) is 0 Å². The molecule has 3 aliphatic carbocycles. The molecule has 0 radical (unpaired) electrons. The molecule has 42 heavy (non-hydrogen) atoms. The van der Waals surface area contributed by atoms with Crippen molar-refractivity contribution in [1.29, 1.82) is 0 Å². The minimum atomic E-state index is -6.06. The van der Waals surface area contributed by atoms with Crippen LogP contribution in [0.1, 0.15) is 113 Å². The van der Waals surface area contributed by atoms with Crippen LogP contribution < -0.4 is 0 Å². The normalized spacial score (nSPS) is 35.0. The van der Waals surface area contributed by atoms with Gasteiger partial charge in [0.1, 0.15) is 0 Å². The van der Waals surface area contributed by atoms with Gasteiger partial charge >= 0.3 is 12.4 Å². The minimum absolute atomic E-state index is 0.00110. The second-order valence-corrected chi connectivity index (χ2v) is 13.3. The van der Waals surface area contributed by atoms with E-state index in [1.54, 1.807) is 6.92 Å². The third-order valence-corrected chi connectivity index (χ3v) is 9.97. The molecule has 3 rings (SSSR count). The lowest BCUT2D eigenvalue weighted by Gasteiger charge is -2.49. The maximum atomic E-state index is 13.5. The van der Waals surface area contributed by atoms with Crippen molar-refractivity contribution in [2.75, 3.05) is 0 Å². The van der Waals surface area contributed by atoms with Gasteiger partial charge in [-0.3, -0.25) is 0 Å². The van der Waals surface area contributed by atoms with Crippen LogP contribution in [0.25, 0.3) is 0 Å². The molecule has 0 spiro atoms. The summed E-state index contributed by atoms with van der Waals surface area (Å²) in [5, 5.41) is 40.7. The third-order valence-electron chi connectivity index (χ3n) is 9.97. The molecular weight excluding hydrogens is 562 g/mol. The molecule has 10 heteroatoms. The van der Waals surface area contributed by atoms with Gasteiger partial charge in [0.2, 0.25) is 0 Å². The summed E-state index contributed by atoms with van der Waals surface area (Å²) in [7, 11) is 0. The fourth-order valence-electron chi connectivity index (χ4n) is 7.93. The van der Waals surface area contributed by atoms with Crippen LogP contribution in [0.15, 0.2) is 35.5 Å². The molecule has 0 saturated heterocycles. The van der Waals surface area contributed by atoms with Crippen molar-refractivity contribution in [1.82, 2.24) is 0 Å². The predicted molar refractivity (Wildman–Crippen MR) is 149 cm³/mol. The molecule has 1 unspecified atom stereocenters. The molecular formula is C32H48F6O4. The van der Waals surface area contributed by atoms with E-state index < -0.39 is 66.7 Å². The molecule has 4 N–H and O–H groups in total. The van der Waals surface area contributed by atoms with Crippen molar-refractivity contribution >= 4 is 0 Å². The Kier molecular flexibility index (Phi) is 8.07. The lowest BCUT2D eigenvalue weighted by atomic mass is 9.55. The second-order valence-electron chi connectivity index (χ2n) is 13.3. The number of alkyl halides is 6. The van der Waals surface area contributed by atoms with Gasteiger partial charge in [-0.2, -0.15) is 26.3 Å². The first-order valence-corrected chi connectivity index (χ1v) is 14.6. The third kappa shape index (κ3) is 7.83. The minimum Gasteiger partial charge on any atom is -0.393 e. The van der Waals surface area contributed by atoms with Crippen molar-refractivity contribution in [3.05, 3.63) is 35.5 Å². The topological polar surface area (TPSA) is 80.9 Å². The van der Waals surface area contributed by atoms with Gasteiger partial charge in [0.05, 0.1) is 17.8 Å². The van der Waals surface area contributed by atoms with Crippen LogP contribution in [0, 0.1) is 22.7 Å². The molecule has 242 valence electrons. The fraction of sp³-hybridized carbons (Fsp3) is 0.812. The van der Waals surface area contributed by atoms with E-state index in [1.807, 2.05) is 19.1 Å². The lowest BCUT2D eigenvalue weighted by Crippen LogP contribution is -2.55. The van der Waals surface area contributed by atoms with Gasteiger partial charge in [-0.25, -0.2) is 0 Å². The van der Waals surface area contributed by atoms with Gasteiger partial charge in [-0.15, -0.1) is 0 Å². The summed E-state index contributed by atoms with van der Waals surface area (Å²) in [4.78, 5) is 0. The van der Waals surface area contributed by atoms with Crippen LogP contribution in [-0.2, 0) is 0 Å². The Hall–Kier alpha value is -1.36. The highest BCUT2D eigenvalue weighted by molar-refractivity contribution is 5.27. The summed E-state index contributed by atoms with van der Waals surface area (Å²) < 4.78 is 127. The van der Waals surface area contributed by atoms with Gasteiger partial charge < -0.3 is 20.4 Å². The Morgan fingerprint density at radius 2 is 1.57 bits per heavy atom. The largest absolute Gasteiger partial charge is 0.429 e. The number of halogens is 6. The average molecular weight is 617 g/mol. The van der Waals surface area contributed by atoms with E-state index in [-0.39, 0.29) is 37.2 Å². The summed E-state index contributed by atoms with van der Waals surface area (Å²) >= 11 is 0. The molecule has 0 bridgehead atoms. The van der Waals surface area contributed by atoms with E-state index in [2.05, 4.69) is 0 Å². The molecule has 0 amide bonds. The van der Waals surface area contributed by atoms with Crippen LogP contribution in [0.4, 0.5) is 26.3 Å². The van der Waals surface area contributed by atoms with E-state index in [0.717, 1.165) is 24.0 Å². The van der Waals surface area contributed by atoms with Crippen molar-refractivity contribution in [2.24, 2.45) is 22.7 Å². The number of hydrogen-bond donors (Lipinski definition) is 4. The Labute approximate surface area is 254 Å². The standard InChI is InChI=1S/C32H48F6O4/c1-27(2,41)13-6-14-28(3,15-7-17-30(42,31(33,34)35)32(36,37)38)26-12-11-25-22(8-5-16-29(25,26)4)10-9-21-18-23(39)20-24(40)19-21/h7,9-10,17,23-26,39-42H,5-6,8,11-16,18-20H2,1-4H3/t23-,24-,25?,26-,28-,29+/m1/s1/i1D3,2D3. The monoisotopic (exact) mass is 616 g/mol. The maximum absolute atomic E-state index is 13.5. The van der Waals surface area contributed by atoms with Gasteiger partial charge in [0, 0.05) is 8.22 Å². The highest BCUT2D eigenvalue weighted by atomic mass is 19.4. The van der Waals surface area contributed by atoms with E-state index in [4.69, 9.17) is 8.22 Å². The number of rotatable bonds is 9. The molecule has 4 nitrogen and oxygen atoms in total. The number of fused-ring (bicyclic) bond motifs is 1. The molecule has 3 aliphatic rings. The number of hydrogen-bond acceptors (Lipinski definition) is 4. The summed E-state index contributed by atoms with van der Waals surface area (Å²) in [6.45, 7) is -2.90. The van der Waals surface area contributed by atoms with E-state index >= 15 is 0 Å². The molecule has 6 atom stereocenters. The van der Waals surface area contributed by atoms with Crippen LogP contribution >= 0.6 is 0 Å². The molecule has 0 aromatic carbocycles. The van der Waals surface area contributed by atoms with Crippen LogP contribution in [0.3, 0.4) is 0 Å². The zero-order valence-electron chi connectivity index (χ0n) is 30.2. The lowest BCUT2D eigenvalue weighted by molar-refractivity contribution is -0.347. The highest BCUT2D eigenvalue weighted by Gasteiger charge is 2.69. The molecule has 0 aromatic heterocycles. The summed E-state index contributed by atoms with van der Waals surface area (Å²) in [6.07, 6.45) is -5.93. The first-order chi connectivity index (χ1) is 21.6.